The van der Waals surface area contributed by atoms with E-state index in [1.807, 2.05) is 6.26 Å². The van der Waals surface area contributed by atoms with E-state index < -0.39 is 16.0 Å². The first-order valence-electron chi connectivity index (χ1n) is 5.31. The molecule has 1 aromatic carbocycles. The number of carboxylic acid groups (broad SMARTS) is 1. The van der Waals surface area contributed by atoms with Gasteiger partial charge in [0.05, 0.1) is 10.5 Å². The van der Waals surface area contributed by atoms with Crippen LogP contribution in [0.15, 0.2) is 21.5 Å². The Kier molecular flexibility index (Phi) is 5.84. The number of carboxylic acids is 1. The molecule has 0 aliphatic heterocycles. The largest absolute Gasteiger partial charge is 0.478 e. The third-order valence-corrected chi connectivity index (χ3v) is 5.77. The standard InChI is InChI=1S/C11H14BrNO4S2/c1-7-5-8(11(14)15)6-9(10(7)12)19(16,17)13-3-4-18-2/h5-6,13H,3-4H2,1-2H3,(H,14,15). The number of rotatable bonds is 6. The quantitative estimate of drug-likeness (QED) is 0.752. The van der Waals surface area contributed by atoms with Gasteiger partial charge in [-0.05, 0) is 46.8 Å². The Bertz CT molecular complexity index is 587. The highest BCUT2D eigenvalue weighted by Crippen LogP contribution is 2.27. The van der Waals surface area contributed by atoms with E-state index in [1.165, 1.54) is 17.8 Å². The average Bonchev–Trinajstić information content (AvgIpc) is 2.32. The Hall–Kier alpha value is -0.570. The van der Waals surface area contributed by atoms with Crippen LogP contribution in [0.5, 0.6) is 0 Å². The maximum absolute atomic E-state index is 12.1. The summed E-state index contributed by atoms with van der Waals surface area (Å²) in [5, 5.41) is 8.97. The molecule has 5 nitrogen and oxygen atoms in total. The maximum Gasteiger partial charge on any atom is 0.335 e. The van der Waals surface area contributed by atoms with Crippen LogP contribution in [0.25, 0.3) is 0 Å². The van der Waals surface area contributed by atoms with E-state index in [-0.39, 0.29) is 10.5 Å². The number of aromatic carboxylic acids is 1. The van der Waals surface area contributed by atoms with Gasteiger partial charge in [-0.2, -0.15) is 11.8 Å². The Morgan fingerprint density at radius 1 is 1.47 bits per heavy atom. The molecule has 0 aromatic heterocycles. The number of sulfonamides is 1. The lowest BCUT2D eigenvalue weighted by atomic mass is 10.1. The van der Waals surface area contributed by atoms with Gasteiger partial charge in [0.1, 0.15) is 0 Å². The van der Waals surface area contributed by atoms with Gasteiger partial charge >= 0.3 is 5.97 Å². The first-order valence-corrected chi connectivity index (χ1v) is 8.98. The van der Waals surface area contributed by atoms with Gasteiger partial charge in [-0.15, -0.1) is 0 Å². The van der Waals surface area contributed by atoms with Gasteiger partial charge in [0, 0.05) is 16.8 Å². The normalized spacial score (nSPS) is 11.5. The minimum atomic E-state index is -3.72. The lowest BCUT2D eigenvalue weighted by molar-refractivity contribution is 0.0696. The van der Waals surface area contributed by atoms with Crippen molar-refractivity contribution in [1.82, 2.24) is 4.72 Å². The van der Waals surface area contributed by atoms with Crippen LogP contribution in [0.4, 0.5) is 0 Å². The zero-order chi connectivity index (χ0) is 14.6. The minimum Gasteiger partial charge on any atom is -0.478 e. The molecule has 106 valence electrons. The average molecular weight is 368 g/mol. The van der Waals surface area contributed by atoms with Gasteiger partial charge in [0.25, 0.3) is 0 Å². The maximum atomic E-state index is 12.1. The van der Waals surface area contributed by atoms with Crippen LogP contribution in [0.1, 0.15) is 15.9 Å². The molecule has 0 aliphatic carbocycles. The highest BCUT2D eigenvalue weighted by molar-refractivity contribution is 9.10. The monoisotopic (exact) mass is 367 g/mol. The summed E-state index contributed by atoms with van der Waals surface area (Å²) < 4.78 is 27.0. The third kappa shape index (κ3) is 4.20. The number of hydrogen-bond acceptors (Lipinski definition) is 4. The molecule has 19 heavy (non-hydrogen) atoms. The molecule has 8 heteroatoms. The summed E-state index contributed by atoms with van der Waals surface area (Å²) >= 11 is 4.71. The molecule has 1 aromatic rings. The molecule has 0 atom stereocenters. The summed E-state index contributed by atoms with van der Waals surface area (Å²) in [7, 11) is -3.72. The van der Waals surface area contributed by atoms with Gasteiger partial charge < -0.3 is 5.11 Å². The molecular weight excluding hydrogens is 354 g/mol. The fourth-order valence-corrected chi connectivity index (χ4v) is 3.92. The van der Waals surface area contributed by atoms with Crippen molar-refractivity contribution in [2.45, 2.75) is 11.8 Å². The van der Waals surface area contributed by atoms with Gasteiger partial charge in [-0.25, -0.2) is 17.9 Å². The molecular formula is C11H14BrNO4S2. The molecule has 0 amide bonds. The summed E-state index contributed by atoms with van der Waals surface area (Å²) in [6, 6.07) is 2.58. The van der Waals surface area contributed by atoms with E-state index in [4.69, 9.17) is 5.11 Å². The summed E-state index contributed by atoms with van der Waals surface area (Å²) in [5.74, 6) is -0.509. The zero-order valence-corrected chi connectivity index (χ0v) is 13.7. The van der Waals surface area contributed by atoms with Crippen molar-refractivity contribution in [3.8, 4) is 0 Å². The second-order valence-corrected chi connectivity index (χ2v) is 7.31. The van der Waals surface area contributed by atoms with Gasteiger partial charge in [-0.1, -0.05) is 0 Å². The van der Waals surface area contributed by atoms with E-state index in [9.17, 15) is 13.2 Å². The fraction of sp³-hybridized carbons (Fsp3) is 0.364. The van der Waals surface area contributed by atoms with E-state index in [1.54, 1.807) is 6.92 Å². The lowest BCUT2D eigenvalue weighted by Gasteiger charge is -2.11. The number of halogens is 1. The highest BCUT2D eigenvalue weighted by Gasteiger charge is 2.21. The van der Waals surface area contributed by atoms with E-state index in [0.29, 0.717) is 22.3 Å². The molecule has 0 bridgehead atoms. The molecule has 0 spiro atoms. The summed E-state index contributed by atoms with van der Waals surface area (Å²) in [4.78, 5) is 10.9. The molecule has 0 saturated carbocycles. The third-order valence-electron chi connectivity index (χ3n) is 2.36. The van der Waals surface area contributed by atoms with Crippen molar-refractivity contribution >= 4 is 43.7 Å². The van der Waals surface area contributed by atoms with Crippen LogP contribution in [-0.2, 0) is 10.0 Å². The molecule has 1 rings (SSSR count). The van der Waals surface area contributed by atoms with E-state index in [0.717, 1.165) is 6.07 Å². The van der Waals surface area contributed by atoms with Crippen molar-refractivity contribution < 1.29 is 18.3 Å². The van der Waals surface area contributed by atoms with Crippen LogP contribution in [-0.4, -0.2) is 38.0 Å². The molecule has 2 N–H and O–H groups in total. The number of benzene rings is 1. The van der Waals surface area contributed by atoms with Gasteiger partial charge in [-0.3, -0.25) is 0 Å². The molecule has 0 aliphatic rings. The van der Waals surface area contributed by atoms with Crippen molar-refractivity contribution in [1.29, 1.82) is 0 Å². The first-order chi connectivity index (χ1) is 8.79. The minimum absolute atomic E-state index is 0.0500. The lowest BCUT2D eigenvalue weighted by Crippen LogP contribution is -2.26. The highest BCUT2D eigenvalue weighted by atomic mass is 79.9. The molecule has 0 saturated heterocycles. The number of aryl methyl sites for hydroxylation is 1. The van der Waals surface area contributed by atoms with Crippen LogP contribution in [0.2, 0.25) is 0 Å². The predicted molar refractivity (Wildman–Crippen MR) is 79.4 cm³/mol. The fourth-order valence-electron chi connectivity index (χ4n) is 1.41. The summed E-state index contributed by atoms with van der Waals surface area (Å²) in [6.07, 6.45) is 1.87. The second kappa shape index (κ2) is 6.74. The van der Waals surface area contributed by atoms with Crippen molar-refractivity contribution in [3.05, 3.63) is 27.7 Å². The van der Waals surface area contributed by atoms with Gasteiger partial charge in [0.15, 0.2) is 0 Å². The number of thioether (sulfide) groups is 1. The van der Waals surface area contributed by atoms with Crippen molar-refractivity contribution in [2.24, 2.45) is 0 Å². The van der Waals surface area contributed by atoms with Crippen LogP contribution >= 0.6 is 27.7 Å². The summed E-state index contributed by atoms with van der Waals surface area (Å²) in [6.45, 7) is 1.95. The van der Waals surface area contributed by atoms with Crippen LogP contribution in [0, 0.1) is 6.92 Å². The smallest absolute Gasteiger partial charge is 0.335 e. The Balaban J connectivity index is 3.21. The molecule has 0 fully saturated rings. The first kappa shape index (κ1) is 16.5. The Morgan fingerprint density at radius 3 is 2.63 bits per heavy atom. The Morgan fingerprint density at radius 2 is 2.11 bits per heavy atom. The van der Waals surface area contributed by atoms with E-state index >= 15 is 0 Å². The Labute approximate surface area is 125 Å². The van der Waals surface area contributed by atoms with Crippen LogP contribution in [0.3, 0.4) is 0 Å². The van der Waals surface area contributed by atoms with Gasteiger partial charge in [0.2, 0.25) is 10.0 Å². The molecule has 0 heterocycles. The summed E-state index contributed by atoms with van der Waals surface area (Å²) in [5.41, 5.74) is 0.510. The number of nitrogens with one attached hydrogen (secondary N) is 1. The van der Waals surface area contributed by atoms with Crippen molar-refractivity contribution in [2.75, 3.05) is 18.6 Å². The topological polar surface area (TPSA) is 83.5 Å². The van der Waals surface area contributed by atoms with Crippen LogP contribution < -0.4 is 4.72 Å². The number of carbonyl (C=O) groups is 1. The van der Waals surface area contributed by atoms with Crippen molar-refractivity contribution in [3.63, 3.8) is 0 Å². The predicted octanol–water partition coefficient (Wildman–Crippen LogP) is 2.10. The SMILES string of the molecule is CSCCNS(=O)(=O)c1cc(C(=O)O)cc(C)c1Br. The second-order valence-electron chi connectivity index (χ2n) is 3.80. The molecule has 0 radical (unpaired) electrons. The van der Waals surface area contributed by atoms with E-state index in [2.05, 4.69) is 20.7 Å². The zero-order valence-electron chi connectivity index (χ0n) is 10.4. The molecule has 0 unspecified atom stereocenters. The number of hydrogen-bond donors (Lipinski definition) is 2.